The molecule has 21 heavy (non-hydrogen) atoms. The smallest absolute Gasteiger partial charge is 0.317 e. The van der Waals surface area contributed by atoms with Gasteiger partial charge in [0.15, 0.2) is 0 Å². The number of carbonyl (C=O) groups is 2. The van der Waals surface area contributed by atoms with Gasteiger partial charge in [-0.25, -0.2) is 4.79 Å². The third kappa shape index (κ3) is 3.97. The molecule has 0 saturated carbocycles. The second kappa shape index (κ2) is 7.45. The van der Waals surface area contributed by atoms with Crippen molar-refractivity contribution in [3.63, 3.8) is 0 Å². The maximum atomic E-state index is 12.2. The Labute approximate surface area is 130 Å². The van der Waals surface area contributed by atoms with Gasteiger partial charge in [-0.3, -0.25) is 4.79 Å². The van der Waals surface area contributed by atoms with E-state index in [1.54, 1.807) is 23.3 Å². The second-order valence-electron chi connectivity index (χ2n) is 5.25. The average molecular weight is 312 g/mol. The van der Waals surface area contributed by atoms with Crippen LogP contribution in [0, 0.1) is 5.41 Å². The van der Waals surface area contributed by atoms with Gasteiger partial charge in [-0.1, -0.05) is 19.9 Å². The molecule has 0 aliphatic heterocycles. The summed E-state index contributed by atoms with van der Waals surface area (Å²) in [5.41, 5.74) is -0.886. The van der Waals surface area contributed by atoms with Gasteiger partial charge in [0.25, 0.3) is 0 Å². The van der Waals surface area contributed by atoms with E-state index in [-0.39, 0.29) is 18.6 Å². The zero-order valence-corrected chi connectivity index (χ0v) is 13.9. The van der Waals surface area contributed by atoms with Gasteiger partial charge < -0.3 is 15.3 Å². The van der Waals surface area contributed by atoms with E-state index in [1.807, 2.05) is 38.3 Å². The molecule has 0 aromatic carbocycles. The quantitative estimate of drug-likeness (QED) is 0.811. The maximum absolute atomic E-state index is 12.2. The number of thiophene rings is 1. The van der Waals surface area contributed by atoms with Crippen LogP contribution in [0.5, 0.6) is 0 Å². The van der Waals surface area contributed by atoms with Crippen molar-refractivity contribution < 1.29 is 14.7 Å². The highest BCUT2D eigenvalue weighted by Gasteiger charge is 2.35. The van der Waals surface area contributed by atoms with Crippen LogP contribution in [0.1, 0.15) is 44.5 Å². The third-order valence-corrected chi connectivity index (χ3v) is 5.28. The van der Waals surface area contributed by atoms with Crippen LogP contribution in [0.15, 0.2) is 17.5 Å². The number of carboxylic acid groups (broad SMARTS) is 1. The predicted octanol–water partition coefficient (Wildman–Crippen LogP) is 3.34. The fourth-order valence-electron chi connectivity index (χ4n) is 2.14. The average Bonchev–Trinajstić information content (AvgIpc) is 3.00. The van der Waals surface area contributed by atoms with Crippen LogP contribution in [0.25, 0.3) is 0 Å². The van der Waals surface area contributed by atoms with Crippen molar-refractivity contribution in [1.82, 2.24) is 10.2 Å². The maximum Gasteiger partial charge on any atom is 0.317 e. The molecule has 1 aromatic rings. The van der Waals surface area contributed by atoms with Gasteiger partial charge in [0.1, 0.15) is 0 Å². The molecule has 5 nitrogen and oxygen atoms in total. The molecular formula is C15H24N2O3S. The summed E-state index contributed by atoms with van der Waals surface area (Å²) >= 11 is 1.60. The van der Waals surface area contributed by atoms with Gasteiger partial charge in [-0.05, 0) is 31.2 Å². The summed E-state index contributed by atoms with van der Waals surface area (Å²) in [5, 5.41) is 14.1. The molecule has 1 atom stereocenters. The highest BCUT2D eigenvalue weighted by molar-refractivity contribution is 7.10. The Balaban J connectivity index is 2.66. The van der Waals surface area contributed by atoms with Gasteiger partial charge >= 0.3 is 12.0 Å². The van der Waals surface area contributed by atoms with E-state index in [1.165, 1.54) is 0 Å². The Hall–Kier alpha value is -1.56. The molecule has 2 N–H and O–H groups in total. The van der Waals surface area contributed by atoms with E-state index in [2.05, 4.69) is 5.32 Å². The van der Waals surface area contributed by atoms with Crippen molar-refractivity contribution in [2.24, 2.45) is 5.41 Å². The minimum Gasteiger partial charge on any atom is -0.481 e. The van der Waals surface area contributed by atoms with Crippen molar-refractivity contribution in [3.05, 3.63) is 22.4 Å². The topological polar surface area (TPSA) is 69.6 Å². The molecule has 118 valence electrons. The molecule has 1 unspecified atom stereocenters. The Morgan fingerprint density at radius 2 is 2.05 bits per heavy atom. The van der Waals surface area contributed by atoms with Crippen molar-refractivity contribution >= 4 is 23.3 Å². The summed E-state index contributed by atoms with van der Waals surface area (Å²) in [6, 6.07) is 3.65. The van der Waals surface area contributed by atoms with Crippen LogP contribution in [-0.4, -0.2) is 35.6 Å². The fraction of sp³-hybridized carbons (Fsp3) is 0.600. The van der Waals surface area contributed by atoms with Crippen molar-refractivity contribution in [2.45, 2.75) is 39.7 Å². The van der Waals surface area contributed by atoms with Gasteiger partial charge in [-0.2, -0.15) is 0 Å². The van der Waals surface area contributed by atoms with Crippen LogP contribution in [0.2, 0.25) is 0 Å². The number of hydrogen-bond donors (Lipinski definition) is 2. The molecule has 0 spiro atoms. The minimum atomic E-state index is -0.886. The van der Waals surface area contributed by atoms with Gasteiger partial charge in [0, 0.05) is 18.5 Å². The van der Waals surface area contributed by atoms with Crippen LogP contribution < -0.4 is 5.32 Å². The third-order valence-electron chi connectivity index (χ3n) is 4.24. The van der Waals surface area contributed by atoms with Gasteiger partial charge in [-0.15, -0.1) is 11.3 Å². The molecule has 0 saturated heterocycles. The lowest BCUT2D eigenvalue weighted by atomic mass is 9.82. The summed E-state index contributed by atoms with van der Waals surface area (Å²) < 4.78 is 0. The highest BCUT2D eigenvalue weighted by Crippen LogP contribution is 2.26. The summed E-state index contributed by atoms with van der Waals surface area (Å²) in [6.45, 7) is 5.77. The number of urea groups is 1. The fourth-order valence-corrected chi connectivity index (χ4v) is 2.97. The minimum absolute atomic E-state index is 0.0347. The summed E-state index contributed by atoms with van der Waals surface area (Å²) in [7, 11) is 1.72. The first-order valence-electron chi connectivity index (χ1n) is 7.15. The highest BCUT2D eigenvalue weighted by atomic mass is 32.1. The summed E-state index contributed by atoms with van der Waals surface area (Å²) in [4.78, 5) is 26.3. The van der Waals surface area contributed by atoms with E-state index < -0.39 is 11.4 Å². The zero-order chi connectivity index (χ0) is 16.0. The molecule has 1 rings (SSSR count). The zero-order valence-electron chi connectivity index (χ0n) is 13.0. The molecule has 0 bridgehead atoms. The SMILES string of the molecule is CCC(CC)(CNC(=O)N(C)C(C)c1cccs1)C(=O)O. The molecule has 0 aliphatic rings. The van der Waals surface area contributed by atoms with Gasteiger partial charge in [0.2, 0.25) is 0 Å². The van der Waals surface area contributed by atoms with Crippen LogP contribution in [0.3, 0.4) is 0 Å². The normalized spacial score (nSPS) is 12.8. The van der Waals surface area contributed by atoms with Crippen LogP contribution in [0.4, 0.5) is 4.79 Å². The number of aliphatic carboxylic acids is 1. The van der Waals surface area contributed by atoms with Crippen molar-refractivity contribution in [1.29, 1.82) is 0 Å². The lowest BCUT2D eigenvalue weighted by Crippen LogP contribution is -2.46. The number of carboxylic acids is 1. The molecular weight excluding hydrogens is 288 g/mol. The van der Waals surface area contributed by atoms with Crippen LogP contribution >= 0.6 is 11.3 Å². The molecule has 1 heterocycles. The molecule has 6 heteroatoms. The molecule has 0 aliphatic carbocycles. The van der Waals surface area contributed by atoms with Crippen molar-refractivity contribution in [2.75, 3.05) is 13.6 Å². The van der Waals surface area contributed by atoms with Gasteiger partial charge in [0.05, 0.1) is 11.5 Å². The Morgan fingerprint density at radius 1 is 1.43 bits per heavy atom. The summed E-state index contributed by atoms with van der Waals surface area (Å²) in [5.74, 6) is -0.859. The molecule has 2 amide bonds. The largest absolute Gasteiger partial charge is 0.481 e. The number of nitrogens with zero attached hydrogens (tertiary/aromatic N) is 1. The number of nitrogens with one attached hydrogen (secondary N) is 1. The van der Waals surface area contributed by atoms with E-state index in [0.717, 1.165) is 4.88 Å². The number of hydrogen-bond acceptors (Lipinski definition) is 3. The Morgan fingerprint density at radius 3 is 2.48 bits per heavy atom. The Bertz CT molecular complexity index is 469. The second-order valence-corrected chi connectivity index (χ2v) is 6.23. The van der Waals surface area contributed by atoms with Crippen molar-refractivity contribution in [3.8, 4) is 0 Å². The first kappa shape index (κ1) is 17.5. The first-order chi connectivity index (χ1) is 9.88. The summed E-state index contributed by atoms with van der Waals surface area (Å²) in [6.07, 6.45) is 0.979. The first-order valence-corrected chi connectivity index (χ1v) is 8.03. The predicted molar refractivity (Wildman–Crippen MR) is 84.5 cm³/mol. The van der Waals surface area contributed by atoms with E-state index in [0.29, 0.717) is 12.8 Å². The monoisotopic (exact) mass is 312 g/mol. The number of rotatable bonds is 7. The van der Waals surface area contributed by atoms with Crippen LogP contribution in [-0.2, 0) is 4.79 Å². The number of amides is 2. The number of carbonyl (C=O) groups excluding carboxylic acids is 1. The van der Waals surface area contributed by atoms with E-state index in [4.69, 9.17) is 0 Å². The molecule has 0 fully saturated rings. The lowest BCUT2D eigenvalue weighted by Gasteiger charge is -2.30. The van der Waals surface area contributed by atoms with E-state index >= 15 is 0 Å². The molecule has 0 radical (unpaired) electrons. The molecule has 1 aromatic heterocycles. The Kier molecular flexibility index (Phi) is 6.20. The standard InChI is InChI=1S/C15H24N2O3S/c1-5-15(6-2,13(18)19)10-16-14(20)17(4)11(3)12-8-7-9-21-12/h7-9,11H,5-6,10H2,1-4H3,(H,16,20)(H,18,19). The lowest BCUT2D eigenvalue weighted by molar-refractivity contribution is -0.149. The van der Waals surface area contributed by atoms with E-state index in [9.17, 15) is 14.7 Å².